The Morgan fingerprint density at radius 1 is 1.21 bits per heavy atom. The van der Waals surface area contributed by atoms with E-state index in [1.165, 1.54) is 0 Å². The normalized spacial score (nSPS) is 19.0. The van der Waals surface area contributed by atoms with E-state index < -0.39 is 0 Å². The predicted molar refractivity (Wildman–Crippen MR) is 112 cm³/mol. The Kier molecular flexibility index (Phi) is 7.06. The largest absolute Gasteiger partial charge is 0.484 e. The second-order valence-corrected chi connectivity index (χ2v) is 7.02. The molecule has 1 aromatic carbocycles. The van der Waals surface area contributed by atoms with Crippen molar-refractivity contribution < 1.29 is 14.3 Å². The molecular weight excluding hydrogens is 392 g/mol. The van der Waals surface area contributed by atoms with E-state index in [-0.39, 0.29) is 36.9 Å². The molecule has 0 saturated carbocycles. The lowest BCUT2D eigenvalue weighted by atomic mass is 10.1. The van der Waals surface area contributed by atoms with Crippen LogP contribution in [0.2, 0.25) is 0 Å². The number of carbonyl (C=O) groups excluding carboxylic acids is 2. The van der Waals surface area contributed by atoms with Gasteiger partial charge in [0.2, 0.25) is 5.91 Å². The molecule has 8 heteroatoms. The lowest BCUT2D eigenvalue weighted by Crippen LogP contribution is -2.50. The number of aromatic nitrogens is 1. The number of piperazine rings is 1. The lowest BCUT2D eigenvalue weighted by molar-refractivity contribution is -0.136. The highest BCUT2D eigenvalue weighted by Gasteiger charge is 2.28. The van der Waals surface area contributed by atoms with Gasteiger partial charge in [0.25, 0.3) is 5.91 Å². The van der Waals surface area contributed by atoms with Crippen molar-refractivity contribution in [1.29, 1.82) is 0 Å². The highest BCUT2D eigenvalue weighted by Crippen LogP contribution is 2.25. The number of benzene rings is 1. The Morgan fingerprint density at radius 3 is 2.72 bits per heavy atom. The first-order valence-electron chi connectivity index (χ1n) is 9.66. The molecule has 2 aliphatic rings. The summed E-state index contributed by atoms with van der Waals surface area (Å²) in [6, 6.07) is 11.2. The number of halogens is 1. The predicted octanol–water partition coefficient (Wildman–Crippen LogP) is 2.18. The van der Waals surface area contributed by atoms with E-state index in [0.29, 0.717) is 25.3 Å². The molecule has 29 heavy (non-hydrogen) atoms. The molecule has 7 nitrogen and oxygen atoms in total. The van der Waals surface area contributed by atoms with Crippen LogP contribution in [0.1, 0.15) is 24.4 Å². The fourth-order valence-electron chi connectivity index (χ4n) is 3.75. The standard InChI is InChI=1S/C21H24N4O3.ClH/c26-20-4-2-11-24(20)17-5-7-18(8-6-17)28-15-21(27)25-12-10-23-14-19(25)16-3-1-9-22-13-16;/h1,3,5-9,13,19,23H,2,4,10-12,14-15H2;1H. The minimum atomic E-state index is -0.0471. The molecule has 1 unspecified atom stereocenters. The second kappa shape index (κ2) is 9.71. The molecule has 0 bridgehead atoms. The molecule has 0 aliphatic carbocycles. The van der Waals surface area contributed by atoms with E-state index in [2.05, 4.69) is 10.3 Å². The molecule has 3 heterocycles. The first-order valence-corrected chi connectivity index (χ1v) is 9.66. The topological polar surface area (TPSA) is 74.8 Å². The molecule has 4 rings (SSSR count). The number of anilines is 1. The number of hydrogen-bond acceptors (Lipinski definition) is 5. The van der Waals surface area contributed by atoms with Crippen molar-refractivity contribution >= 4 is 29.9 Å². The summed E-state index contributed by atoms with van der Waals surface area (Å²) in [6.07, 6.45) is 5.04. The summed E-state index contributed by atoms with van der Waals surface area (Å²) in [7, 11) is 0. The molecule has 1 N–H and O–H groups in total. The summed E-state index contributed by atoms with van der Waals surface area (Å²) in [5.41, 5.74) is 1.89. The van der Waals surface area contributed by atoms with Gasteiger partial charge in [-0.3, -0.25) is 14.6 Å². The zero-order valence-corrected chi connectivity index (χ0v) is 16.9. The van der Waals surface area contributed by atoms with Crippen LogP contribution in [0.15, 0.2) is 48.8 Å². The minimum Gasteiger partial charge on any atom is -0.484 e. The first kappa shape index (κ1) is 21.1. The zero-order chi connectivity index (χ0) is 19.3. The van der Waals surface area contributed by atoms with E-state index in [0.717, 1.165) is 30.8 Å². The number of amides is 2. The van der Waals surface area contributed by atoms with Crippen LogP contribution in [-0.2, 0) is 9.59 Å². The summed E-state index contributed by atoms with van der Waals surface area (Å²) in [5, 5.41) is 3.33. The third-order valence-electron chi connectivity index (χ3n) is 5.22. The van der Waals surface area contributed by atoms with Crippen molar-refractivity contribution in [3.05, 3.63) is 54.4 Å². The quantitative estimate of drug-likeness (QED) is 0.808. The van der Waals surface area contributed by atoms with Crippen LogP contribution in [0, 0.1) is 0 Å². The molecule has 2 amide bonds. The van der Waals surface area contributed by atoms with Gasteiger partial charge < -0.3 is 19.9 Å². The van der Waals surface area contributed by atoms with Crippen LogP contribution in [-0.4, -0.2) is 54.5 Å². The Balaban J connectivity index is 0.00000240. The van der Waals surface area contributed by atoms with Crippen LogP contribution < -0.4 is 15.0 Å². The Morgan fingerprint density at radius 2 is 2.03 bits per heavy atom. The van der Waals surface area contributed by atoms with Gasteiger partial charge in [-0.1, -0.05) is 6.07 Å². The Labute approximate surface area is 176 Å². The molecule has 2 fully saturated rings. The Bertz CT molecular complexity index is 832. The van der Waals surface area contributed by atoms with Crippen molar-refractivity contribution in [3.8, 4) is 5.75 Å². The van der Waals surface area contributed by atoms with E-state index in [4.69, 9.17) is 4.74 Å². The monoisotopic (exact) mass is 416 g/mol. The molecule has 2 saturated heterocycles. The van der Waals surface area contributed by atoms with E-state index in [9.17, 15) is 9.59 Å². The van der Waals surface area contributed by atoms with Crippen molar-refractivity contribution in [2.45, 2.75) is 18.9 Å². The third kappa shape index (κ3) is 4.86. The van der Waals surface area contributed by atoms with E-state index in [1.807, 2.05) is 41.3 Å². The van der Waals surface area contributed by atoms with Crippen LogP contribution in [0.3, 0.4) is 0 Å². The average molecular weight is 417 g/mol. The van der Waals surface area contributed by atoms with Gasteiger partial charge in [0.1, 0.15) is 5.75 Å². The summed E-state index contributed by atoms with van der Waals surface area (Å²) in [6.45, 7) is 2.85. The van der Waals surface area contributed by atoms with Gasteiger partial charge >= 0.3 is 0 Å². The summed E-state index contributed by atoms with van der Waals surface area (Å²) in [5.74, 6) is 0.731. The second-order valence-electron chi connectivity index (χ2n) is 7.02. The molecule has 2 aliphatic heterocycles. The highest BCUT2D eigenvalue weighted by atomic mass is 35.5. The van der Waals surface area contributed by atoms with Crippen LogP contribution >= 0.6 is 12.4 Å². The fourth-order valence-corrected chi connectivity index (χ4v) is 3.75. The number of pyridine rings is 1. The summed E-state index contributed by atoms with van der Waals surface area (Å²) in [4.78, 5) is 32.4. The molecular formula is C21H25ClN4O3. The van der Waals surface area contributed by atoms with Gasteiger partial charge in [-0.25, -0.2) is 0 Å². The maximum absolute atomic E-state index is 12.8. The third-order valence-corrected chi connectivity index (χ3v) is 5.22. The molecule has 154 valence electrons. The highest BCUT2D eigenvalue weighted by molar-refractivity contribution is 5.95. The number of nitrogens with zero attached hydrogens (tertiary/aromatic N) is 3. The maximum atomic E-state index is 12.8. The van der Waals surface area contributed by atoms with Crippen LogP contribution in [0.25, 0.3) is 0 Å². The average Bonchev–Trinajstić information content (AvgIpc) is 3.19. The summed E-state index contributed by atoms with van der Waals surface area (Å²) < 4.78 is 5.72. The van der Waals surface area contributed by atoms with Gasteiger partial charge in [-0.15, -0.1) is 12.4 Å². The number of rotatable bonds is 5. The van der Waals surface area contributed by atoms with Crippen molar-refractivity contribution in [2.24, 2.45) is 0 Å². The first-order chi connectivity index (χ1) is 13.7. The number of carbonyl (C=O) groups is 2. The van der Waals surface area contributed by atoms with Gasteiger partial charge in [0.05, 0.1) is 6.04 Å². The number of hydrogen-bond donors (Lipinski definition) is 1. The smallest absolute Gasteiger partial charge is 0.261 e. The van der Waals surface area contributed by atoms with Crippen LogP contribution in [0.5, 0.6) is 5.75 Å². The van der Waals surface area contributed by atoms with Gasteiger partial charge in [-0.2, -0.15) is 0 Å². The Hall–Kier alpha value is -2.64. The fraction of sp³-hybridized carbons (Fsp3) is 0.381. The van der Waals surface area contributed by atoms with Crippen LogP contribution in [0.4, 0.5) is 5.69 Å². The van der Waals surface area contributed by atoms with Gasteiger partial charge in [0.15, 0.2) is 6.61 Å². The van der Waals surface area contributed by atoms with Crippen molar-refractivity contribution in [3.63, 3.8) is 0 Å². The zero-order valence-electron chi connectivity index (χ0n) is 16.1. The minimum absolute atomic E-state index is 0. The SMILES string of the molecule is Cl.O=C1CCCN1c1ccc(OCC(=O)N2CCNCC2c2cccnc2)cc1. The molecule has 1 atom stereocenters. The van der Waals surface area contributed by atoms with E-state index >= 15 is 0 Å². The van der Waals surface area contributed by atoms with Crippen molar-refractivity contribution in [1.82, 2.24) is 15.2 Å². The maximum Gasteiger partial charge on any atom is 0.261 e. The number of ether oxygens (including phenoxy) is 1. The van der Waals surface area contributed by atoms with Crippen molar-refractivity contribution in [2.75, 3.05) is 37.7 Å². The molecule has 1 aromatic heterocycles. The lowest BCUT2D eigenvalue weighted by Gasteiger charge is -2.36. The van der Waals surface area contributed by atoms with Gasteiger partial charge in [0, 0.05) is 50.7 Å². The number of nitrogens with one attached hydrogen (secondary N) is 1. The molecule has 2 aromatic rings. The molecule has 0 radical (unpaired) electrons. The summed E-state index contributed by atoms with van der Waals surface area (Å²) >= 11 is 0. The van der Waals surface area contributed by atoms with Gasteiger partial charge in [-0.05, 0) is 42.3 Å². The molecule has 0 spiro atoms. The van der Waals surface area contributed by atoms with E-state index in [1.54, 1.807) is 17.3 Å².